The molecule has 3 amide bonds. The van der Waals surface area contributed by atoms with Crippen LogP contribution in [0.4, 0.5) is 10.5 Å². The summed E-state index contributed by atoms with van der Waals surface area (Å²) in [5.74, 6) is 1.36. The normalized spacial score (nSPS) is 20.0. The molecule has 0 aromatic heterocycles. The first-order chi connectivity index (χ1) is 10.5. The predicted octanol–water partition coefficient (Wildman–Crippen LogP) is 1.50. The topological polar surface area (TPSA) is 71.1 Å². The van der Waals surface area contributed by atoms with Crippen LogP contribution in [0.3, 0.4) is 0 Å². The minimum atomic E-state index is -0.172. The van der Waals surface area contributed by atoms with Gasteiger partial charge in [0.1, 0.15) is 0 Å². The van der Waals surface area contributed by atoms with Gasteiger partial charge < -0.3 is 24.6 Å². The molecule has 2 aliphatic rings. The molecule has 3 rings (SSSR count). The summed E-state index contributed by atoms with van der Waals surface area (Å²) < 4.78 is 10.5. The van der Waals surface area contributed by atoms with E-state index in [2.05, 4.69) is 5.32 Å². The molecule has 1 aromatic carbocycles. The van der Waals surface area contributed by atoms with Gasteiger partial charge in [0.15, 0.2) is 11.5 Å². The number of carbonyl (C=O) groups excluding carboxylic acids is 2. The third kappa shape index (κ3) is 2.79. The lowest BCUT2D eigenvalue weighted by molar-refractivity contribution is -0.131. The van der Waals surface area contributed by atoms with Crippen LogP contribution in [0.15, 0.2) is 18.2 Å². The maximum absolute atomic E-state index is 12.4. The van der Waals surface area contributed by atoms with E-state index < -0.39 is 0 Å². The molecule has 0 unspecified atom stereocenters. The number of amides is 3. The fraction of sp³-hybridized carbons (Fsp3) is 0.467. The third-order valence-electron chi connectivity index (χ3n) is 3.96. The Morgan fingerprint density at radius 1 is 1.23 bits per heavy atom. The van der Waals surface area contributed by atoms with Gasteiger partial charge in [-0.1, -0.05) is 0 Å². The highest BCUT2D eigenvalue weighted by Crippen LogP contribution is 2.34. The summed E-state index contributed by atoms with van der Waals surface area (Å²) in [6, 6.07) is 5.11. The van der Waals surface area contributed by atoms with Gasteiger partial charge in [0.25, 0.3) is 0 Å². The Morgan fingerprint density at radius 2 is 2.00 bits per heavy atom. The van der Waals surface area contributed by atoms with Crippen LogP contribution in [-0.2, 0) is 4.79 Å². The molecule has 1 fully saturated rings. The van der Waals surface area contributed by atoms with Crippen molar-refractivity contribution in [1.29, 1.82) is 0 Å². The van der Waals surface area contributed by atoms with E-state index in [1.165, 1.54) is 0 Å². The molecule has 22 heavy (non-hydrogen) atoms. The molecule has 0 radical (unpaired) electrons. The number of nitrogens with one attached hydrogen (secondary N) is 1. The number of hydrogen-bond donors (Lipinski definition) is 1. The van der Waals surface area contributed by atoms with Gasteiger partial charge >= 0.3 is 6.03 Å². The molecule has 0 bridgehead atoms. The number of rotatable bonds is 1. The molecule has 1 saturated heterocycles. The predicted molar refractivity (Wildman–Crippen MR) is 80.0 cm³/mol. The Balaban J connectivity index is 1.64. The molecule has 0 aliphatic carbocycles. The van der Waals surface area contributed by atoms with Gasteiger partial charge in [-0.05, 0) is 19.1 Å². The van der Waals surface area contributed by atoms with Crippen molar-refractivity contribution >= 4 is 17.6 Å². The molecule has 0 spiro atoms. The molecule has 1 N–H and O–H groups in total. The first kappa shape index (κ1) is 14.5. The van der Waals surface area contributed by atoms with E-state index in [0.717, 1.165) is 0 Å². The first-order valence-corrected chi connectivity index (χ1v) is 7.27. The van der Waals surface area contributed by atoms with Crippen molar-refractivity contribution in [1.82, 2.24) is 9.80 Å². The van der Waals surface area contributed by atoms with Gasteiger partial charge in [-0.2, -0.15) is 0 Å². The van der Waals surface area contributed by atoms with Crippen molar-refractivity contribution in [2.24, 2.45) is 0 Å². The smallest absolute Gasteiger partial charge is 0.322 e. The number of carbonyl (C=O) groups is 2. The lowest BCUT2D eigenvalue weighted by Gasteiger charge is -2.39. The quantitative estimate of drug-likeness (QED) is 0.853. The monoisotopic (exact) mass is 305 g/mol. The largest absolute Gasteiger partial charge is 0.454 e. The number of piperazine rings is 1. The summed E-state index contributed by atoms with van der Waals surface area (Å²) in [6.45, 7) is 5.34. The Labute approximate surface area is 128 Å². The highest BCUT2D eigenvalue weighted by atomic mass is 16.7. The molecule has 1 atom stereocenters. The fourth-order valence-electron chi connectivity index (χ4n) is 2.71. The van der Waals surface area contributed by atoms with Gasteiger partial charge in [0, 0.05) is 44.4 Å². The van der Waals surface area contributed by atoms with Gasteiger partial charge in [0.2, 0.25) is 12.7 Å². The lowest BCUT2D eigenvalue weighted by atomic mass is 10.2. The number of anilines is 1. The Hall–Kier alpha value is -2.44. The van der Waals surface area contributed by atoms with Crippen LogP contribution in [0.1, 0.15) is 13.8 Å². The molecule has 7 nitrogen and oxygen atoms in total. The van der Waals surface area contributed by atoms with Crippen LogP contribution in [0.25, 0.3) is 0 Å². The summed E-state index contributed by atoms with van der Waals surface area (Å²) in [7, 11) is 0. The minimum Gasteiger partial charge on any atom is -0.454 e. The second-order valence-electron chi connectivity index (χ2n) is 5.51. The van der Waals surface area contributed by atoms with Crippen molar-refractivity contribution in [2.45, 2.75) is 19.9 Å². The number of nitrogens with zero attached hydrogens (tertiary/aromatic N) is 2. The van der Waals surface area contributed by atoms with Crippen LogP contribution in [0.2, 0.25) is 0 Å². The van der Waals surface area contributed by atoms with Crippen LogP contribution >= 0.6 is 0 Å². The second kappa shape index (κ2) is 5.75. The van der Waals surface area contributed by atoms with E-state index in [4.69, 9.17) is 9.47 Å². The summed E-state index contributed by atoms with van der Waals surface area (Å²) >= 11 is 0. The zero-order valence-electron chi connectivity index (χ0n) is 12.7. The van der Waals surface area contributed by atoms with Crippen molar-refractivity contribution in [2.75, 3.05) is 31.7 Å². The van der Waals surface area contributed by atoms with Crippen LogP contribution in [-0.4, -0.2) is 54.2 Å². The Morgan fingerprint density at radius 3 is 2.73 bits per heavy atom. The van der Waals surface area contributed by atoms with Gasteiger partial charge in [0.05, 0.1) is 0 Å². The van der Waals surface area contributed by atoms with E-state index in [1.54, 1.807) is 34.9 Å². The highest BCUT2D eigenvalue weighted by molar-refractivity contribution is 5.90. The first-order valence-electron chi connectivity index (χ1n) is 7.27. The van der Waals surface area contributed by atoms with Crippen molar-refractivity contribution < 1.29 is 19.1 Å². The van der Waals surface area contributed by atoms with E-state index in [-0.39, 0.29) is 24.8 Å². The average molecular weight is 305 g/mol. The number of benzene rings is 1. The molecule has 7 heteroatoms. The van der Waals surface area contributed by atoms with Crippen LogP contribution in [0, 0.1) is 0 Å². The number of urea groups is 1. The minimum absolute atomic E-state index is 0.0216. The molecule has 1 aromatic rings. The molecule has 118 valence electrons. The Bertz CT molecular complexity index is 604. The van der Waals surface area contributed by atoms with Crippen molar-refractivity contribution in [3.8, 4) is 11.5 Å². The summed E-state index contributed by atoms with van der Waals surface area (Å²) in [5, 5.41) is 2.86. The van der Waals surface area contributed by atoms with Crippen molar-refractivity contribution in [3.63, 3.8) is 0 Å². The standard InChI is InChI=1S/C15H19N3O4/c1-10-8-17(11(2)19)5-6-18(10)15(20)16-12-3-4-13-14(7-12)22-9-21-13/h3-4,7,10H,5-6,8-9H2,1-2H3,(H,16,20)/t10-/m1/s1. The fourth-order valence-corrected chi connectivity index (χ4v) is 2.71. The van der Waals surface area contributed by atoms with Crippen LogP contribution < -0.4 is 14.8 Å². The van der Waals surface area contributed by atoms with E-state index in [0.29, 0.717) is 36.8 Å². The van der Waals surface area contributed by atoms with Gasteiger partial charge in [-0.3, -0.25) is 4.79 Å². The third-order valence-corrected chi connectivity index (χ3v) is 3.96. The summed E-state index contributed by atoms with van der Waals surface area (Å²) in [6.07, 6.45) is 0. The molecule has 2 aliphatic heterocycles. The van der Waals surface area contributed by atoms with E-state index in [1.807, 2.05) is 6.92 Å². The summed E-state index contributed by atoms with van der Waals surface area (Å²) in [5.41, 5.74) is 0.662. The number of ether oxygens (including phenoxy) is 2. The van der Waals surface area contributed by atoms with Crippen LogP contribution in [0.5, 0.6) is 11.5 Å². The maximum atomic E-state index is 12.4. The number of fused-ring (bicyclic) bond motifs is 1. The lowest BCUT2D eigenvalue weighted by Crippen LogP contribution is -2.56. The second-order valence-corrected chi connectivity index (χ2v) is 5.51. The zero-order valence-corrected chi connectivity index (χ0v) is 12.7. The SMILES string of the molecule is CC(=O)N1CCN(C(=O)Nc2ccc3c(c2)OCO3)[C@H](C)C1. The molecule has 2 heterocycles. The van der Waals surface area contributed by atoms with Gasteiger partial charge in [-0.25, -0.2) is 4.79 Å². The average Bonchev–Trinajstić information content (AvgIpc) is 2.94. The van der Waals surface area contributed by atoms with Crippen molar-refractivity contribution in [3.05, 3.63) is 18.2 Å². The molecular weight excluding hydrogens is 286 g/mol. The van der Waals surface area contributed by atoms with E-state index >= 15 is 0 Å². The zero-order chi connectivity index (χ0) is 15.7. The van der Waals surface area contributed by atoms with E-state index in [9.17, 15) is 9.59 Å². The Kier molecular flexibility index (Phi) is 3.79. The summed E-state index contributed by atoms with van der Waals surface area (Å²) in [4.78, 5) is 27.3. The number of hydrogen-bond acceptors (Lipinski definition) is 4. The highest BCUT2D eigenvalue weighted by Gasteiger charge is 2.28. The molecular formula is C15H19N3O4. The molecule has 0 saturated carbocycles. The van der Waals surface area contributed by atoms with Gasteiger partial charge in [-0.15, -0.1) is 0 Å². The maximum Gasteiger partial charge on any atom is 0.322 e.